The Morgan fingerprint density at radius 2 is 2.04 bits per heavy atom. The molecular formula is C21H24BrNO4. The van der Waals surface area contributed by atoms with Crippen molar-refractivity contribution in [3.05, 3.63) is 52.5 Å². The topological polar surface area (TPSA) is 56.8 Å². The lowest BCUT2D eigenvalue weighted by molar-refractivity contribution is 0.0677. The number of carbonyl (C=O) groups excluding carboxylic acids is 1. The van der Waals surface area contributed by atoms with Crippen LogP contribution in [-0.4, -0.2) is 31.8 Å². The molecule has 1 saturated heterocycles. The Kier molecular flexibility index (Phi) is 7.12. The molecule has 0 saturated carbocycles. The minimum atomic E-state index is -0.177. The Balaban J connectivity index is 1.56. The third-order valence-corrected chi connectivity index (χ3v) is 4.85. The van der Waals surface area contributed by atoms with Gasteiger partial charge in [0.15, 0.2) is 0 Å². The summed E-state index contributed by atoms with van der Waals surface area (Å²) in [4.78, 5) is 12.5. The summed E-state index contributed by atoms with van der Waals surface area (Å²) in [6.07, 6.45) is 3.23. The van der Waals surface area contributed by atoms with Gasteiger partial charge in [0.05, 0.1) is 17.2 Å². The molecule has 1 N–H and O–H groups in total. The molecular weight excluding hydrogens is 410 g/mol. The molecule has 1 amide bonds. The van der Waals surface area contributed by atoms with Gasteiger partial charge in [-0.25, -0.2) is 0 Å². The van der Waals surface area contributed by atoms with Crippen molar-refractivity contribution in [1.82, 2.24) is 0 Å². The lowest BCUT2D eigenvalue weighted by Gasteiger charge is -2.13. The van der Waals surface area contributed by atoms with Crippen molar-refractivity contribution in [3.63, 3.8) is 0 Å². The van der Waals surface area contributed by atoms with Gasteiger partial charge >= 0.3 is 0 Å². The first-order valence-corrected chi connectivity index (χ1v) is 10.0. The SMILES string of the molecule is CCCOc1ccc(NC(=O)c2ccc(OCC3CCCO3)c(Br)c2)cc1. The molecule has 5 nitrogen and oxygen atoms in total. The summed E-state index contributed by atoms with van der Waals surface area (Å²) in [6.45, 7) is 4.07. The third kappa shape index (κ3) is 5.71. The zero-order chi connectivity index (χ0) is 19.1. The van der Waals surface area contributed by atoms with Gasteiger partial charge in [-0.3, -0.25) is 4.79 Å². The molecule has 27 heavy (non-hydrogen) atoms. The highest BCUT2D eigenvalue weighted by atomic mass is 79.9. The maximum Gasteiger partial charge on any atom is 0.255 e. The predicted molar refractivity (Wildman–Crippen MR) is 109 cm³/mol. The molecule has 1 unspecified atom stereocenters. The van der Waals surface area contributed by atoms with Gasteiger partial charge in [-0.1, -0.05) is 6.92 Å². The average Bonchev–Trinajstić information content (AvgIpc) is 3.20. The number of benzene rings is 2. The molecule has 1 heterocycles. The van der Waals surface area contributed by atoms with Crippen molar-refractivity contribution in [1.29, 1.82) is 0 Å². The van der Waals surface area contributed by atoms with E-state index < -0.39 is 0 Å². The second-order valence-corrected chi connectivity index (χ2v) is 7.27. The normalized spacial score (nSPS) is 16.1. The van der Waals surface area contributed by atoms with Crippen LogP contribution in [0.4, 0.5) is 5.69 Å². The molecule has 0 aliphatic carbocycles. The van der Waals surface area contributed by atoms with E-state index in [1.165, 1.54) is 0 Å². The lowest BCUT2D eigenvalue weighted by atomic mass is 10.2. The molecule has 6 heteroatoms. The van der Waals surface area contributed by atoms with E-state index in [1.807, 2.05) is 24.3 Å². The molecule has 0 bridgehead atoms. The molecule has 1 aliphatic heterocycles. The molecule has 2 aromatic rings. The number of carbonyl (C=O) groups is 1. The third-order valence-electron chi connectivity index (χ3n) is 4.23. The zero-order valence-electron chi connectivity index (χ0n) is 15.4. The molecule has 1 aliphatic rings. The van der Waals surface area contributed by atoms with Gasteiger partial charge in [0.2, 0.25) is 0 Å². The molecule has 0 spiro atoms. The molecule has 0 aromatic heterocycles. The number of anilines is 1. The van der Waals surface area contributed by atoms with Gasteiger partial charge in [0.25, 0.3) is 5.91 Å². The van der Waals surface area contributed by atoms with E-state index in [2.05, 4.69) is 28.2 Å². The fraction of sp³-hybridized carbons (Fsp3) is 0.381. The second-order valence-electron chi connectivity index (χ2n) is 6.42. The minimum absolute atomic E-state index is 0.157. The van der Waals surface area contributed by atoms with Gasteiger partial charge in [0.1, 0.15) is 18.1 Å². The van der Waals surface area contributed by atoms with Crippen LogP contribution in [0.15, 0.2) is 46.9 Å². The molecule has 3 rings (SSSR count). The number of rotatable bonds is 8. The maximum atomic E-state index is 12.5. The van der Waals surface area contributed by atoms with Gasteiger partial charge < -0.3 is 19.5 Å². The average molecular weight is 434 g/mol. The van der Waals surface area contributed by atoms with Crippen LogP contribution in [0.5, 0.6) is 11.5 Å². The Labute approximate surface area is 168 Å². The largest absolute Gasteiger partial charge is 0.494 e. The van der Waals surface area contributed by atoms with Crippen molar-refractivity contribution >= 4 is 27.5 Å². The number of hydrogen-bond acceptors (Lipinski definition) is 4. The van der Waals surface area contributed by atoms with Crippen LogP contribution in [0, 0.1) is 0 Å². The van der Waals surface area contributed by atoms with Crippen LogP contribution in [0.3, 0.4) is 0 Å². The number of amides is 1. The predicted octanol–water partition coefficient (Wildman–Crippen LogP) is 5.05. The van der Waals surface area contributed by atoms with Crippen LogP contribution in [0.1, 0.15) is 36.5 Å². The number of halogens is 1. The fourth-order valence-electron chi connectivity index (χ4n) is 2.78. The number of nitrogens with one attached hydrogen (secondary N) is 1. The van der Waals surface area contributed by atoms with Crippen molar-refractivity contribution in [2.24, 2.45) is 0 Å². The van der Waals surface area contributed by atoms with Gasteiger partial charge in [0, 0.05) is 17.9 Å². The highest BCUT2D eigenvalue weighted by molar-refractivity contribution is 9.10. The number of ether oxygens (including phenoxy) is 3. The van der Waals surface area contributed by atoms with E-state index in [0.717, 1.165) is 41.8 Å². The smallest absolute Gasteiger partial charge is 0.255 e. The van der Waals surface area contributed by atoms with Gasteiger partial charge in [-0.15, -0.1) is 0 Å². The maximum absolute atomic E-state index is 12.5. The Morgan fingerprint density at radius 1 is 1.22 bits per heavy atom. The molecule has 1 atom stereocenters. The van der Waals surface area contributed by atoms with Crippen molar-refractivity contribution in [2.75, 3.05) is 25.1 Å². The van der Waals surface area contributed by atoms with Crippen LogP contribution in [0.2, 0.25) is 0 Å². The summed E-state index contributed by atoms with van der Waals surface area (Å²) in [5.41, 5.74) is 1.27. The summed E-state index contributed by atoms with van der Waals surface area (Å²) >= 11 is 3.48. The summed E-state index contributed by atoms with van der Waals surface area (Å²) < 4.78 is 17.7. The summed E-state index contributed by atoms with van der Waals surface area (Å²) in [5, 5.41) is 2.89. The summed E-state index contributed by atoms with van der Waals surface area (Å²) in [5.74, 6) is 1.33. The van der Waals surface area contributed by atoms with Gasteiger partial charge in [-0.2, -0.15) is 0 Å². The van der Waals surface area contributed by atoms with E-state index in [4.69, 9.17) is 14.2 Å². The first-order valence-electron chi connectivity index (χ1n) is 9.24. The first kappa shape index (κ1) is 19.7. The molecule has 144 valence electrons. The second kappa shape index (κ2) is 9.76. The first-order chi connectivity index (χ1) is 13.2. The Morgan fingerprint density at radius 3 is 2.70 bits per heavy atom. The Bertz CT molecular complexity index is 757. The van der Waals surface area contributed by atoms with E-state index in [9.17, 15) is 4.79 Å². The highest BCUT2D eigenvalue weighted by Gasteiger charge is 2.17. The van der Waals surface area contributed by atoms with Crippen molar-refractivity contribution in [3.8, 4) is 11.5 Å². The quantitative estimate of drug-likeness (QED) is 0.632. The van der Waals surface area contributed by atoms with Gasteiger partial charge in [-0.05, 0) is 77.7 Å². The summed E-state index contributed by atoms with van der Waals surface area (Å²) in [7, 11) is 0. The van der Waals surface area contributed by atoms with Crippen molar-refractivity contribution in [2.45, 2.75) is 32.3 Å². The zero-order valence-corrected chi connectivity index (χ0v) is 17.0. The van der Waals surface area contributed by atoms with Crippen LogP contribution in [0.25, 0.3) is 0 Å². The fourth-order valence-corrected chi connectivity index (χ4v) is 3.27. The van der Waals surface area contributed by atoms with E-state index >= 15 is 0 Å². The highest BCUT2D eigenvalue weighted by Crippen LogP contribution is 2.27. The van der Waals surface area contributed by atoms with Crippen LogP contribution < -0.4 is 14.8 Å². The molecule has 1 fully saturated rings. The van der Waals surface area contributed by atoms with E-state index in [1.54, 1.807) is 18.2 Å². The Hall–Kier alpha value is -2.05. The van der Waals surface area contributed by atoms with E-state index in [0.29, 0.717) is 24.5 Å². The number of hydrogen-bond donors (Lipinski definition) is 1. The van der Waals surface area contributed by atoms with Crippen LogP contribution >= 0.6 is 15.9 Å². The monoisotopic (exact) mass is 433 g/mol. The van der Waals surface area contributed by atoms with E-state index in [-0.39, 0.29) is 12.0 Å². The molecule has 0 radical (unpaired) electrons. The van der Waals surface area contributed by atoms with Crippen LogP contribution in [-0.2, 0) is 4.74 Å². The standard InChI is InChI=1S/C21H24BrNO4/c1-2-11-25-17-8-6-16(7-9-17)23-21(24)15-5-10-20(19(22)13-15)27-14-18-4-3-12-26-18/h5-10,13,18H,2-4,11-12,14H2,1H3,(H,23,24). The lowest BCUT2D eigenvalue weighted by Crippen LogP contribution is -2.16. The molecule has 2 aromatic carbocycles. The minimum Gasteiger partial charge on any atom is -0.494 e. The summed E-state index contributed by atoms with van der Waals surface area (Å²) in [6, 6.07) is 12.7. The van der Waals surface area contributed by atoms with Crippen molar-refractivity contribution < 1.29 is 19.0 Å².